The van der Waals surface area contributed by atoms with Gasteiger partial charge >= 0.3 is 5.97 Å². The molecule has 0 radical (unpaired) electrons. The predicted molar refractivity (Wildman–Crippen MR) is 81.1 cm³/mol. The first-order chi connectivity index (χ1) is 11.2. The minimum atomic E-state index is -0.542. The van der Waals surface area contributed by atoms with Gasteiger partial charge in [0.05, 0.1) is 32.9 Å². The lowest BCUT2D eigenvalue weighted by Gasteiger charge is -2.22. The number of esters is 1. The number of carbonyl (C=O) groups is 1. The van der Waals surface area contributed by atoms with Crippen LogP contribution in [0.25, 0.3) is 10.9 Å². The summed E-state index contributed by atoms with van der Waals surface area (Å²) in [5.74, 6) is -0.949. The first kappa shape index (κ1) is 15.4. The molecular weight excluding hydrogens is 303 g/mol. The van der Waals surface area contributed by atoms with Crippen LogP contribution in [0.3, 0.4) is 0 Å². The number of aromatic amines is 1. The van der Waals surface area contributed by atoms with Crippen molar-refractivity contribution in [3.8, 4) is 0 Å². The van der Waals surface area contributed by atoms with Crippen molar-refractivity contribution in [3.05, 3.63) is 29.7 Å². The van der Waals surface area contributed by atoms with Gasteiger partial charge < -0.3 is 14.5 Å². The average Bonchev–Trinajstić information content (AvgIpc) is 2.92. The van der Waals surface area contributed by atoms with E-state index in [0.717, 1.165) is 0 Å². The molecule has 122 valence electrons. The lowest BCUT2D eigenvalue weighted by atomic mass is 10.2. The summed E-state index contributed by atoms with van der Waals surface area (Å²) >= 11 is 0. The second kappa shape index (κ2) is 6.74. The fourth-order valence-electron chi connectivity index (χ4n) is 2.36. The molecule has 1 aromatic heterocycles. The molecule has 23 heavy (non-hydrogen) atoms. The number of hydrogen-bond donors (Lipinski definition) is 1. The number of rotatable bonds is 4. The molecular formula is C15H17FN4O3. The van der Waals surface area contributed by atoms with E-state index in [-0.39, 0.29) is 18.0 Å². The number of carbonyl (C=O) groups excluding carboxylic acids is 1. The van der Waals surface area contributed by atoms with Crippen molar-refractivity contribution in [3.63, 3.8) is 0 Å². The number of nitrogens with zero attached hydrogens (tertiary/aromatic N) is 3. The number of benzene rings is 1. The van der Waals surface area contributed by atoms with Gasteiger partial charge in [-0.1, -0.05) is 5.22 Å². The van der Waals surface area contributed by atoms with Crippen LogP contribution in [0.1, 0.15) is 17.4 Å². The van der Waals surface area contributed by atoms with Crippen LogP contribution in [0.15, 0.2) is 28.5 Å². The van der Waals surface area contributed by atoms with Crippen molar-refractivity contribution in [1.82, 2.24) is 9.99 Å². The van der Waals surface area contributed by atoms with E-state index in [4.69, 9.17) is 9.47 Å². The van der Waals surface area contributed by atoms with Gasteiger partial charge in [0.1, 0.15) is 11.5 Å². The minimum Gasteiger partial charge on any atom is -0.461 e. The number of halogens is 1. The normalized spacial score (nSPS) is 15.5. The van der Waals surface area contributed by atoms with Crippen LogP contribution in [0.4, 0.5) is 10.1 Å². The van der Waals surface area contributed by atoms with Crippen molar-refractivity contribution < 1.29 is 18.7 Å². The van der Waals surface area contributed by atoms with Crippen molar-refractivity contribution in [2.45, 2.75) is 6.92 Å². The molecule has 0 spiro atoms. The summed E-state index contributed by atoms with van der Waals surface area (Å²) < 4.78 is 23.8. The Labute approximate surface area is 132 Å². The Morgan fingerprint density at radius 1 is 1.43 bits per heavy atom. The van der Waals surface area contributed by atoms with Crippen LogP contribution >= 0.6 is 0 Å². The van der Waals surface area contributed by atoms with E-state index in [1.807, 2.05) is 0 Å². The smallest absolute Gasteiger partial charge is 0.357 e. The summed E-state index contributed by atoms with van der Waals surface area (Å²) in [5.41, 5.74) is 1.05. The predicted octanol–water partition coefficient (Wildman–Crippen LogP) is 2.81. The molecule has 0 atom stereocenters. The highest BCUT2D eigenvalue weighted by Crippen LogP contribution is 2.32. The van der Waals surface area contributed by atoms with Gasteiger partial charge in [-0.15, -0.1) is 5.11 Å². The summed E-state index contributed by atoms with van der Waals surface area (Å²) in [6.45, 7) is 4.35. The Hall–Kier alpha value is -2.48. The van der Waals surface area contributed by atoms with Crippen molar-refractivity contribution in [1.29, 1.82) is 0 Å². The number of fused-ring (bicyclic) bond motifs is 1. The van der Waals surface area contributed by atoms with Crippen molar-refractivity contribution in [2.24, 2.45) is 10.3 Å². The Balaban J connectivity index is 2.00. The number of morpholine rings is 1. The zero-order valence-corrected chi connectivity index (χ0v) is 12.7. The number of nitrogens with one attached hydrogen (secondary N) is 1. The maximum Gasteiger partial charge on any atom is 0.357 e. The van der Waals surface area contributed by atoms with Gasteiger partial charge in [-0.05, 0) is 25.1 Å². The molecule has 1 aromatic carbocycles. The van der Waals surface area contributed by atoms with Gasteiger partial charge in [0.15, 0.2) is 5.69 Å². The van der Waals surface area contributed by atoms with E-state index < -0.39 is 11.8 Å². The largest absolute Gasteiger partial charge is 0.461 e. The molecule has 0 unspecified atom stereocenters. The quantitative estimate of drug-likeness (QED) is 0.694. The van der Waals surface area contributed by atoms with Crippen molar-refractivity contribution in [2.75, 3.05) is 32.9 Å². The first-order valence-corrected chi connectivity index (χ1v) is 7.41. The molecule has 1 fully saturated rings. The highest BCUT2D eigenvalue weighted by Gasteiger charge is 2.20. The lowest BCUT2D eigenvalue weighted by molar-refractivity contribution is 0.0353. The number of ether oxygens (including phenoxy) is 2. The van der Waals surface area contributed by atoms with Gasteiger partial charge in [0.2, 0.25) is 0 Å². The molecule has 0 saturated carbocycles. The fourth-order valence-corrected chi connectivity index (χ4v) is 2.36. The average molecular weight is 320 g/mol. The monoisotopic (exact) mass is 320 g/mol. The molecule has 8 heteroatoms. The number of H-pyrrole nitrogens is 1. The highest BCUT2D eigenvalue weighted by molar-refractivity contribution is 6.04. The summed E-state index contributed by atoms with van der Waals surface area (Å²) in [5, 5.41) is 10.5. The van der Waals surface area contributed by atoms with E-state index in [9.17, 15) is 9.18 Å². The number of hydrogen-bond acceptors (Lipinski definition) is 5. The van der Waals surface area contributed by atoms with Crippen molar-refractivity contribution >= 4 is 22.6 Å². The van der Waals surface area contributed by atoms with Crippen LogP contribution in [0, 0.1) is 5.82 Å². The number of aromatic nitrogens is 1. The molecule has 1 N–H and O–H groups in total. The van der Waals surface area contributed by atoms with E-state index >= 15 is 0 Å². The van der Waals surface area contributed by atoms with Gasteiger partial charge in [-0.25, -0.2) is 9.18 Å². The van der Waals surface area contributed by atoms with Gasteiger partial charge in [-0.3, -0.25) is 5.01 Å². The summed E-state index contributed by atoms with van der Waals surface area (Å²) in [6.07, 6.45) is 0. The second-order valence-electron chi connectivity index (χ2n) is 5.01. The maximum absolute atomic E-state index is 13.5. The third-order valence-corrected chi connectivity index (χ3v) is 3.47. The van der Waals surface area contributed by atoms with E-state index in [1.165, 1.54) is 12.1 Å². The fraction of sp³-hybridized carbons (Fsp3) is 0.400. The van der Waals surface area contributed by atoms with Crippen LogP contribution in [-0.4, -0.2) is 48.9 Å². The zero-order valence-electron chi connectivity index (χ0n) is 12.7. The molecule has 0 bridgehead atoms. The zero-order chi connectivity index (χ0) is 16.2. The topological polar surface area (TPSA) is 79.3 Å². The third-order valence-electron chi connectivity index (χ3n) is 3.47. The Kier molecular flexibility index (Phi) is 4.52. The van der Waals surface area contributed by atoms with Crippen LogP contribution < -0.4 is 0 Å². The lowest BCUT2D eigenvalue weighted by Crippen LogP contribution is -2.31. The van der Waals surface area contributed by atoms with E-state index in [2.05, 4.69) is 15.3 Å². The highest BCUT2D eigenvalue weighted by atomic mass is 19.1. The second-order valence-corrected chi connectivity index (χ2v) is 5.01. The molecule has 1 aliphatic heterocycles. The summed E-state index contributed by atoms with van der Waals surface area (Å²) in [6, 6.07) is 4.19. The standard InChI is InChI=1S/C15H17FN4O3/c1-2-23-15(21)14-13(18-19-20-5-7-22-8-6-20)11-9-10(16)3-4-12(11)17-14/h3-4,9,17H,2,5-8H2,1H3. The summed E-state index contributed by atoms with van der Waals surface area (Å²) in [7, 11) is 0. The van der Waals surface area contributed by atoms with Crippen LogP contribution in [-0.2, 0) is 9.47 Å². The summed E-state index contributed by atoms with van der Waals surface area (Å²) in [4.78, 5) is 15.0. The Morgan fingerprint density at radius 3 is 2.96 bits per heavy atom. The van der Waals surface area contributed by atoms with Gasteiger partial charge in [-0.2, -0.15) is 0 Å². The van der Waals surface area contributed by atoms with Gasteiger partial charge in [0.25, 0.3) is 0 Å². The Bertz CT molecular complexity index is 738. The van der Waals surface area contributed by atoms with Gasteiger partial charge in [0, 0.05) is 10.9 Å². The molecule has 1 saturated heterocycles. The van der Waals surface area contributed by atoms with Crippen LogP contribution in [0.5, 0.6) is 0 Å². The SMILES string of the molecule is CCOC(=O)c1[nH]c2ccc(F)cc2c1N=NN1CCOCC1. The first-order valence-electron chi connectivity index (χ1n) is 7.41. The third kappa shape index (κ3) is 3.31. The molecule has 0 aliphatic carbocycles. The van der Waals surface area contributed by atoms with E-state index in [0.29, 0.717) is 37.2 Å². The molecule has 2 heterocycles. The molecule has 1 aliphatic rings. The Morgan fingerprint density at radius 2 is 2.22 bits per heavy atom. The maximum atomic E-state index is 13.5. The molecule has 7 nitrogen and oxygen atoms in total. The molecule has 2 aromatic rings. The minimum absolute atomic E-state index is 0.171. The van der Waals surface area contributed by atoms with Crippen LogP contribution in [0.2, 0.25) is 0 Å². The molecule has 3 rings (SSSR count). The van der Waals surface area contributed by atoms with E-state index in [1.54, 1.807) is 18.0 Å². The molecule has 0 amide bonds.